The van der Waals surface area contributed by atoms with E-state index >= 15 is 0 Å². The lowest BCUT2D eigenvalue weighted by Crippen LogP contribution is -2.54. The van der Waals surface area contributed by atoms with Crippen molar-refractivity contribution in [3.05, 3.63) is 0 Å². The van der Waals surface area contributed by atoms with E-state index in [-0.39, 0.29) is 18.8 Å². The molecule has 0 aromatic heterocycles. The molecule has 3 unspecified atom stereocenters. The van der Waals surface area contributed by atoms with Gasteiger partial charge in [0, 0.05) is 25.4 Å². The second-order valence-electron chi connectivity index (χ2n) is 5.33. The lowest BCUT2D eigenvalue weighted by atomic mass is 10.1. The fraction of sp³-hybridized carbons (Fsp3) is 1.00. The number of nitrogens with one attached hydrogen (secondary N) is 1. The summed E-state index contributed by atoms with van der Waals surface area (Å²) in [5.74, 6) is 0.478. The molecule has 1 aliphatic heterocycles. The van der Waals surface area contributed by atoms with E-state index in [1.54, 1.807) is 6.92 Å². The second kappa shape index (κ2) is 6.73. The monoisotopic (exact) mass is 312 g/mol. The number of rotatable bonds is 6. The van der Waals surface area contributed by atoms with Gasteiger partial charge in [0.2, 0.25) is 0 Å². The Hall–Kier alpha value is 0.140. The molecule has 0 aromatic rings. The lowest BCUT2D eigenvalue weighted by molar-refractivity contribution is -0.0445. The first kappa shape index (κ1) is 17.2. The van der Waals surface area contributed by atoms with Gasteiger partial charge in [0.1, 0.15) is 0 Å². The van der Waals surface area contributed by atoms with Crippen LogP contribution in [0.15, 0.2) is 0 Å². The summed E-state index contributed by atoms with van der Waals surface area (Å²) >= 11 is 1.48. The zero-order valence-electron chi connectivity index (χ0n) is 11.9. The minimum Gasteiger partial charge on any atom is -0.388 e. The largest absolute Gasteiger partial charge is 0.388 e. The molecule has 0 amide bonds. The summed E-state index contributed by atoms with van der Waals surface area (Å²) < 4.78 is 33.7. The first-order valence-electron chi connectivity index (χ1n) is 6.28. The highest BCUT2D eigenvalue weighted by Crippen LogP contribution is 2.15. The molecular weight excluding hydrogens is 288 g/mol. The molecule has 114 valence electrons. The van der Waals surface area contributed by atoms with Crippen molar-refractivity contribution in [2.45, 2.75) is 38.6 Å². The Morgan fingerprint density at radius 2 is 1.95 bits per heavy atom. The van der Waals surface area contributed by atoms with Crippen molar-refractivity contribution in [1.29, 1.82) is 0 Å². The van der Waals surface area contributed by atoms with Gasteiger partial charge in [0.15, 0.2) is 0 Å². The van der Waals surface area contributed by atoms with Crippen LogP contribution in [-0.4, -0.2) is 67.3 Å². The van der Waals surface area contributed by atoms with E-state index in [2.05, 4.69) is 4.72 Å². The normalized spacial score (nSPS) is 29.1. The summed E-state index contributed by atoms with van der Waals surface area (Å²) in [6.07, 6.45) is 1.63. The smallest absolute Gasteiger partial charge is 0.279 e. The Bertz CT molecular complexity index is 376. The molecule has 0 bridgehead atoms. The third-order valence-corrected chi connectivity index (χ3v) is 5.21. The minimum atomic E-state index is -3.57. The van der Waals surface area contributed by atoms with Gasteiger partial charge in [-0.05, 0) is 27.0 Å². The predicted molar refractivity (Wildman–Crippen MR) is 77.5 cm³/mol. The van der Waals surface area contributed by atoms with E-state index in [4.69, 9.17) is 4.74 Å². The van der Waals surface area contributed by atoms with Crippen molar-refractivity contribution >= 4 is 22.0 Å². The SMILES string of the molecule is CSCC(C)(O)CNS(=O)(=O)N1CC(C)OC(C)C1. The molecular formula is C11H24N2O4S2. The number of hydrogen-bond donors (Lipinski definition) is 2. The maximum Gasteiger partial charge on any atom is 0.279 e. The van der Waals surface area contributed by atoms with Crippen LogP contribution in [0, 0.1) is 0 Å². The third-order valence-electron chi connectivity index (χ3n) is 2.82. The Balaban J connectivity index is 2.60. The van der Waals surface area contributed by atoms with E-state index in [1.807, 2.05) is 20.1 Å². The molecule has 3 atom stereocenters. The van der Waals surface area contributed by atoms with Gasteiger partial charge in [-0.1, -0.05) is 0 Å². The van der Waals surface area contributed by atoms with Crippen LogP contribution < -0.4 is 4.72 Å². The van der Waals surface area contributed by atoms with Crippen molar-refractivity contribution < 1.29 is 18.3 Å². The second-order valence-corrected chi connectivity index (χ2v) is 7.95. The van der Waals surface area contributed by atoms with Gasteiger partial charge in [0.05, 0.1) is 17.8 Å². The molecule has 0 aromatic carbocycles. The van der Waals surface area contributed by atoms with E-state index in [9.17, 15) is 13.5 Å². The maximum absolute atomic E-state index is 12.2. The van der Waals surface area contributed by atoms with Gasteiger partial charge in [-0.25, -0.2) is 0 Å². The Morgan fingerprint density at radius 3 is 2.42 bits per heavy atom. The Morgan fingerprint density at radius 1 is 1.42 bits per heavy atom. The summed E-state index contributed by atoms with van der Waals surface area (Å²) in [6.45, 7) is 6.01. The third kappa shape index (κ3) is 5.57. The van der Waals surface area contributed by atoms with Crippen LogP contribution in [0.2, 0.25) is 0 Å². The number of thioether (sulfide) groups is 1. The predicted octanol–water partition coefficient (Wildman–Crippen LogP) is 0.0440. The average Bonchev–Trinajstić information content (AvgIpc) is 2.25. The van der Waals surface area contributed by atoms with Gasteiger partial charge in [-0.2, -0.15) is 29.2 Å². The number of aliphatic hydroxyl groups is 1. The van der Waals surface area contributed by atoms with Gasteiger partial charge in [-0.15, -0.1) is 0 Å². The van der Waals surface area contributed by atoms with Crippen molar-refractivity contribution in [1.82, 2.24) is 9.03 Å². The molecule has 0 radical (unpaired) electrons. The van der Waals surface area contributed by atoms with Crippen molar-refractivity contribution in [2.75, 3.05) is 31.6 Å². The topological polar surface area (TPSA) is 78.9 Å². The summed E-state index contributed by atoms with van der Waals surface area (Å²) in [5.41, 5.74) is -1.05. The van der Waals surface area contributed by atoms with Gasteiger partial charge in [0.25, 0.3) is 10.2 Å². The summed E-state index contributed by atoms with van der Waals surface area (Å²) in [4.78, 5) is 0. The molecule has 1 rings (SSSR count). The summed E-state index contributed by atoms with van der Waals surface area (Å²) in [5, 5.41) is 9.99. The number of nitrogens with zero attached hydrogens (tertiary/aromatic N) is 1. The van der Waals surface area contributed by atoms with Gasteiger partial charge < -0.3 is 9.84 Å². The first-order chi connectivity index (χ1) is 8.66. The zero-order chi connectivity index (χ0) is 14.7. The van der Waals surface area contributed by atoms with E-state index < -0.39 is 15.8 Å². The van der Waals surface area contributed by atoms with Crippen LogP contribution in [0.3, 0.4) is 0 Å². The van der Waals surface area contributed by atoms with Crippen LogP contribution in [0.5, 0.6) is 0 Å². The van der Waals surface area contributed by atoms with Crippen molar-refractivity contribution in [3.63, 3.8) is 0 Å². The molecule has 1 aliphatic rings. The molecule has 6 nitrogen and oxygen atoms in total. The van der Waals surface area contributed by atoms with Crippen molar-refractivity contribution in [2.24, 2.45) is 0 Å². The molecule has 1 fully saturated rings. The Labute approximate surface area is 120 Å². The zero-order valence-corrected chi connectivity index (χ0v) is 13.6. The summed E-state index contributed by atoms with van der Waals surface area (Å²) in [6, 6.07) is 0. The quantitative estimate of drug-likeness (QED) is 0.724. The molecule has 0 aliphatic carbocycles. The number of morpholine rings is 1. The minimum absolute atomic E-state index is 0.0102. The van der Waals surface area contributed by atoms with Crippen LogP contribution in [0.1, 0.15) is 20.8 Å². The van der Waals surface area contributed by atoms with Crippen molar-refractivity contribution in [3.8, 4) is 0 Å². The summed E-state index contributed by atoms with van der Waals surface area (Å²) in [7, 11) is -3.57. The highest BCUT2D eigenvalue weighted by atomic mass is 32.2. The molecule has 0 saturated carbocycles. The van der Waals surface area contributed by atoms with E-state index in [0.717, 1.165) is 0 Å². The highest BCUT2D eigenvalue weighted by Gasteiger charge is 2.32. The van der Waals surface area contributed by atoms with Gasteiger partial charge in [-0.3, -0.25) is 0 Å². The maximum atomic E-state index is 12.2. The molecule has 1 heterocycles. The molecule has 2 N–H and O–H groups in total. The van der Waals surface area contributed by atoms with E-state index in [1.165, 1.54) is 16.1 Å². The number of hydrogen-bond acceptors (Lipinski definition) is 5. The molecule has 8 heteroatoms. The highest BCUT2D eigenvalue weighted by molar-refractivity contribution is 7.98. The van der Waals surface area contributed by atoms with Crippen LogP contribution in [0.4, 0.5) is 0 Å². The molecule has 19 heavy (non-hydrogen) atoms. The first-order valence-corrected chi connectivity index (χ1v) is 9.11. The molecule has 0 spiro atoms. The fourth-order valence-electron chi connectivity index (χ4n) is 2.03. The van der Waals surface area contributed by atoms with Crippen LogP contribution in [0.25, 0.3) is 0 Å². The van der Waals surface area contributed by atoms with Gasteiger partial charge >= 0.3 is 0 Å². The number of ether oxygens (including phenoxy) is 1. The van der Waals surface area contributed by atoms with E-state index in [0.29, 0.717) is 18.8 Å². The Kier molecular flexibility index (Phi) is 6.09. The molecule has 1 saturated heterocycles. The lowest BCUT2D eigenvalue weighted by Gasteiger charge is -2.35. The standard InChI is InChI=1S/C11H24N2O4S2/c1-9-5-13(6-10(2)17-9)19(15,16)12-7-11(3,14)8-18-4/h9-10,12,14H,5-8H2,1-4H3. The van der Waals surface area contributed by atoms with Crippen LogP contribution in [-0.2, 0) is 14.9 Å². The van der Waals surface area contributed by atoms with Crippen LogP contribution >= 0.6 is 11.8 Å². The average molecular weight is 312 g/mol. The fourth-order valence-corrected chi connectivity index (χ4v) is 4.24.